The van der Waals surface area contributed by atoms with Gasteiger partial charge in [-0.15, -0.1) is 0 Å². The summed E-state index contributed by atoms with van der Waals surface area (Å²) in [6.45, 7) is 0.324. The number of alkyl halides is 3. The van der Waals surface area contributed by atoms with Crippen molar-refractivity contribution >= 4 is 22.6 Å². The first-order valence-corrected chi connectivity index (χ1v) is 5.65. The van der Waals surface area contributed by atoms with E-state index in [1.165, 1.54) is 4.90 Å². The third-order valence-corrected chi connectivity index (χ3v) is 3.08. The largest absolute Gasteiger partial charge is 0.480 e. The Balaban J connectivity index is 2.24. The van der Waals surface area contributed by atoms with Gasteiger partial charge in [0.2, 0.25) is 11.0 Å². The lowest BCUT2D eigenvalue weighted by atomic mass is 10.2. The summed E-state index contributed by atoms with van der Waals surface area (Å²) in [7, 11) is 0. The standard InChI is InChI=1S/C8H8F3N3O3S/c9-8(10,11)6-12-7(18-13-6)14-1-2-17-3-4(14)5(15)16/h4H,1-3H2,(H,15,16). The minimum atomic E-state index is -4.63. The van der Waals surface area contributed by atoms with E-state index in [1.54, 1.807) is 0 Å². The van der Waals surface area contributed by atoms with E-state index in [1.807, 2.05) is 0 Å². The molecule has 1 aliphatic heterocycles. The Bertz CT molecular complexity index is 450. The van der Waals surface area contributed by atoms with Crippen LogP contribution in [0.25, 0.3) is 0 Å². The summed E-state index contributed by atoms with van der Waals surface area (Å²) in [6, 6.07) is -1.03. The number of aromatic nitrogens is 2. The first kappa shape index (κ1) is 13.0. The Labute approximate surface area is 103 Å². The van der Waals surface area contributed by atoms with E-state index in [-0.39, 0.29) is 24.9 Å². The third kappa shape index (κ3) is 2.53. The molecule has 1 N–H and O–H groups in total. The minimum absolute atomic E-state index is 0.0574. The Hall–Kier alpha value is -1.42. The molecule has 0 bridgehead atoms. The van der Waals surface area contributed by atoms with Gasteiger partial charge >= 0.3 is 12.1 Å². The van der Waals surface area contributed by atoms with Gasteiger partial charge in [-0.05, 0) is 0 Å². The molecule has 1 fully saturated rings. The molecule has 1 saturated heterocycles. The van der Waals surface area contributed by atoms with Crippen LogP contribution in [0.15, 0.2) is 0 Å². The van der Waals surface area contributed by atoms with Crippen LogP contribution in [0.2, 0.25) is 0 Å². The molecular weight excluding hydrogens is 275 g/mol. The number of ether oxygens (including phenoxy) is 1. The molecule has 1 aliphatic rings. The molecule has 0 aliphatic carbocycles. The summed E-state index contributed by atoms with van der Waals surface area (Å²) in [4.78, 5) is 15.5. The number of rotatable bonds is 2. The van der Waals surface area contributed by atoms with Gasteiger partial charge in [0, 0.05) is 18.1 Å². The zero-order chi connectivity index (χ0) is 13.3. The average Bonchev–Trinajstić information content (AvgIpc) is 2.77. The van der Waals surface area contributed by atoms with Gasteiger partial charge in [-0.25, -0.2) is 4.79 Å². The highest BCUT2D eigenvalue weighted by molar-refractivity contribution is 7.09. The molecular formula is C8H8F3N3O3S. The van der Waals surface area contributed by atoms with Gasteiger partial charge in [0.15, 0.2) is 6.04 Å². The van der Waals surface area contributed by atoms with Crippen molar-refractivity contribution in [3.05, 3.63) is 5.82 Å². The molecule has 0 amide bonds. The fourth-order valence-corrected chi connectivity index (χ4v) is 2.25. The van der Waals surface area contributed by atoms with Crippen molar-refractivity contribution in [2.75, 3.05) is 24.7 Å². The average molecular weight is 283 g/mol. The summed E-state index contributed by atoms with van der Waals surface area (Å²) < 4.78 is 45.2. The number of anilines is 1. The van der Waals surface area contributed by atoms with Crippen LogP contribution in [-0.2, 0) is 15.7 Å². The molecule has 18 heavy (non-hydrogen) atoms. The summed E-state index contributed by atoms with van der Waals surface area (Å²) >= 11 is 0.530. The molecule has 100 valence electrons. The van der Waals surface area contributed by atoms with Crippen molar-refractivity contribution in [2.24, 2.45) is 0 Å². The lowest BCUT2D eigenvalue weighted by Crippen LogP contribution is -2.50. The van der Waals surface area contributed by atoms with Crippen LogP contribution < -0.4 is 4.90 Å². The number of hydrogen-bond donors (Lipinski definition) is 1. The fourth-order valence-electron chi connectivity index (χ4n) is 1.48. The topological polar surface area (TPSA) is 75.6 Å². The summed E-state index contributed by atoms with van der Waals surface area (Å²) in [5.74, 6) is -2.42. The Morgan fingerprint density at radius 1 is 1.56 bits per heavy atom. The summed E-state index contributed by atoms with van der Waals surface area (Å²) in [5.41, 5.74) is 0. The smallest absolute Gasteiger partial charge is 0.452 e. The van der Waals surface area contributed by atoms with E-state index in [4.69, 9.17) is 9.84 Å². The highest BCUT2D eigenvalue weighted by Gasteiger charge is 2.38. The molecule has 1 unspecified atom stereocenters. The molecule has 1 atom stereocenters. The van der Waals surface area contributed by atoms with E-state index >= 15 is 0 Å². The number of hydrogen-bond acceptors (Lipinski definition) is 6. The van der Waals surface area contributed by atoms with Crippen LogP contribution in [-0.4, -0.2) is 46.2 Å². The zero-order valence-corrected chi connectivity index (χ0v) is 9.66. The van der Waals surface area contributed by atoms with Gasteiger partial charge in [-0.2, -0.15) is 22.5 Å². The summed E-state index contributed by atoms with van der Waals surface area (Å²) in [5, 5.41) is 8.89. The fraction of sp³-hybridized carbons (Fsp3) is 0.625. The molecule has 0 radical (unpaired) electrons. The Morgan fingerprint density at radius 3 is 2.83 bits per heavy atom. The van der Waals surface area contributed by atoms with Gasteiger partial charge < -0.3 is 14.7 Å². The first-order chi connectivity index (χ1) is 8.39. The molecule has 1 aromatic rings. The van der Waals surface area contributed by atoms with Gasteiger partial charge in [0.25, 0.3) is 0 Å². The second kappa shape index (κ2) is 4.69. The molecule has 0 spiro atoms. The van der Waals surface area contributed by atoms with Crippen molar-refractivity contribution in [2.45, 2.75) is 12.2 Å². The van der Waals surface area contributed by atoms with E-state index < -0.39 is 24.0 Å². The Morgan fingerprint density at radius 2 is 2.28 bits per heavy atom. The summed E-state index contributed by atoms with van der Waals surface area (Å²) in [6.07, 6.45) is -4.63. The van der Waals surface area contributed by atoms with E-state index in [2.05, 4.69) is 9.36 Å². The quantitative estimate of drug-likeness (QED) is 0.867. The highest BCUT2D eigenvalue weighted by Crippen LogP contribution is 2.31. The monoisotopic (exact) mass is 283 g/mol. The van der Waals surface area contributed by atoms with Crippen LogP contribution in [0.3, 0.4) is 0 Å². The van der Waals surface area contributed by atoms with Gasteiger partial charge in [-0.1, -0.05) is 0 Å². The normalized spacial score (nSPS) is 21.1. The minimum Gasteiger partial charge on any atom is -0.480 e. The number of halogens is 3. The van der Waals surface area contributed by atoms with Crippen LogP contribution in [0.5, 0.6) is 0 Å². The Kier molecular flexibility index (Phi) is 3.39. The molecule has 0 aromatic carbocycles. The number of carbonyl (C=O) groups is 1. The van der Waals surface area contributed by atoms with Gasteiger partial charge in [0.05, 0.1) is 13.2 Å². The second-order valence-electron chi connectivity index (χ2n) is 3.52. The van der Waals surface area contributed by atoms with Crippen LogP contribution in [0.4, 0.5) is 18.3 Å². The van der Waals surface area contributed by atoms with E-state index in [0.717, 1.165) is 0 Å². The predicted molar refractivity (Wildman–Crippen MR) is 54.5 cm³/mol. The second-order valence-corrected chi connectivity index (χ2v) is 4.25. The number of nitrogens with zero attached hydrogens (tertiary/aromatic N) is 3. The molecule has 2 rings (SSSR count). The van der Waals surface area contributed by atoms with Gasteiger partial charge in [0.1, 0.15) is 0 Å². The maximum atomic E-state index is 12.3. The van der Waals surface area contributed by atoms with Crippen molar-refractivity contribution < 1.29 is 27.8 Å². The molecule has 1 aromatic heterocycles. The molecule has 10 heteroatoms. The number of morpholine rings is 1. The first-order valence-electron chi connectivity index (χ1n) is 4.87. The maximum Gasteiger partial charge on any atom is 0.452 e. The highest BCUT2D eigenvalue weighted by atomic mass is 32.1. The number of aliphatic carboxylic acids is 1. The van der Waals surface area contributed by atoms with Gasteiger partial charge in [-0.3, -0.25) is 0 Å². The lowest BCUT2D eigenvalue weighted by Gasteiger charge is -2.32. The van der Waals surface area contributed by atoms with Crippen molar-refractivity contribution in [3.63, 3.8) is 0 Å². The van der Waals surface area contributed by atoms with Crippen LogP contribution >= 0.6 is 11.5 Å². The zero-order valence-electron chi connectivity index (χ0n) is 8.85. The van der Waals surface area contributed by atoms with Crippen LogP contribution in [0.1, 0.15) is 5.82 Å². The van der Waals surface area contributed by atoms with Crippen LogP contribution in [0, 0.1) is 0 Å². The van der Waals surface area contributed by atoms with Crippen molar-refractivity contribution in [1.82, 2.24) is 9.36 Å². The predicted octanol–water partition coefficient (Wildman–Crippen LogP) is 0.847. The third-order valence-electron chi connectivity index (χ3n) is 2.33. The van der Waals surface area contributed by atoms with E-state index in [0.29, 0.717) is 11.5 Å². The van der Waals surface area contributed by atoms with Crippen molar-refractivity contribution in [3.8, 4) is 0 Å². The SMILES string of the molecule is O=C(O)C1COCCN1c1nc(C(F)(F)F)ns1. The van der Waals surface area contributed by atoms with E-state index in [9.17, 15) is 18.0 Å². The molecule has 2 heterocycles. The maximum absolute atomic E-state index is 12.3. The number of carboxylic acid groups (broad SMARTS) is 1. The molecule has 6 nitrogen and oxygen atoms in total. The lowest BCUT2D eigenvalue weighted by molar-refractivity contribution is -0.144. The number of carboxylic acids is 1. The molecule has 0 saturated carbocycles. The van der Waals surface area contributed by atoms with Crippen molar-refractivity contribution in [1.29, 1.82) is 0 Å².